The molecule has 2 aliphatic rings. The van der Waals surface area contributed by atoms with Gasteiger partial charge in [0.25, 0.3) is 5.91 Å². The maximum atomic E-state index is 12.6. The number of carbonyl (C=O) groups is 1. The summed E-state index contributed by atoms with van der Waals surface area (Å²) in [6.07, 6.45) is 4.58. The Bertz CT molecular complexity index is 517. The molecule has 0 saturated carbocycles. The second-order valence-electron chi connectivity index (χ2n) is 6.18. The summed E-state index contributed by atoms with van der Waals surface area (Å²) in [7, 11) is 1.91. The topological polar surface area (TPSA) is 52.6 Å². The van der Waals surface area contributed by atoms with Gasteiger partial charge in [-0.2, -0.15) is 0 Å². The van der Waals surface area contributed by atoms with Crippen LogP contribution in [-0.4, -0.2) is 41.1 Å². The zero-order chi connectivity index (χ0) is 14.3. The van der Waals surface area contributed by atoms with E-state index in [0.717, 1.165) is 18.4 Å². The van der Waals surface area contributed by atoms with E-state index in [2.05, 4.69) is 5.32 Å². The summed E-state index contributed by atoms with van der Waals surface area (Å²) in [5, 5.41) is 13.1. The maximum absolute atomic E-state index is 12.6. The Morgan fingerprint density at radius 1 is 1.30 bits per heavy atom. The Kier molecular flexibility index (Phi) is 3.42. The molecule has 2 unspecified atom stereocenters. The van der Waals surface area contributed by atoms with Crippen LogP contribution in [0.5, 0.6) is 5.75 Å². The van der Waals surface area contributed by atoms with Gasteiger partial charge in [0.2, 0.25) is 0 Å². The van der Waals surface area contributed by atoms with Crippen molar-refractivity contribution in [2.75, 3.05) is 7.05 Å². The number of hydrogen-bond donors (Lipinski definition) is 2. The summed E-state index contributed by atoms with van der Waals surface area (Å²) in [5.41, 5.74) is 1.52. The van der Waals surface area contributed by atoms with E-state index in [-0.39, 0.29) is 11.7 Å². The van der Waals surface area contributed by atoms with Crippen LogP contribution in [0.1, 0.15) is 41.6 Å². The van der Waals surface area contributed by atoms with E-state index in [1.54, 1.807) is 18.2 Å². The van der Waals surface area contributed by atoms with Crippen molar-refractivity contribution in [1.82, 2.24) is 10.2 Å². The summed E-state index contributed by atoms with van der Waals surface area (Å²) in [4.78, 5) is 14.5. The van der Waals surface area contributed by atoms with Gasteiger partial charge in [0, 0.05) is 30.7 Å². The normalized spacial score (nSPS) is 28.4. The van der Waals surface area contributed by atoms with E-state index in [4.69, 9.17) is 0 Å². The highest BCUT2D eigenvalue weighted by Crippen LogP contribution is 2.30. The zero-order valence-electron chi connectivity index (χ0n) is 12.1. The quantitative estimate of drug-likeness (QED) is 0.868. The molecule has 2 heterocycles. The van der Waals surface area contributed by atoms with Crippen molar-refractivity contribution in [3.8, 4) is 5.75 Å². The SMILES string of the molecule is Cc1cc(O)ccc1C(=O)N(C)C1CC2CCC(C1)N2. The molecule has 2 bridgehead atoms. The van der Waals surface area contributed by atoms with E-state index in [1.807, 2.05) is 18.9 Å². The second kappa shape index (κ2) is 5.09. The molecule has 0 spiro atoms. The number of fused-ring (bicyclic) bond motifs is 2. The first-order valence-corrected chi connectivity index (χ1v) is 7.37. The van der Waals surface area contributed by atoms with Crippen LogP contribution in [0.2, 0.25) is 0 Å². The summed E-state index contributed by atoms with van der Waals surface area (Å²) >= 11 is 0. The second-order valence-corrected chi connectivity index (χ2v) is 6.18. The van der Waals surface area contributed by atoms with Gasteiger partial charge in [0.15, 0.2) is 0 Å². The van der Waals surface area contributed by atoms with Gasteiger partial charge >= 0.3 is 0 Å². The number of piperidine rings is 1. The Morgan fingerprint density at radius 2 is 1.95 bits per heavy atom. The predicted molar refractivity (Wildman–Crippen MR) is 77.9 cm³/mol. The van der Waals surface area contributed by atoms with Gasteiger partial charge in [-0.3, -0.25) is 4.79 Å². The Labute approximate surface area is 119 Å². The molecule has 2 saturated heterocycles. The maximum Gasteiger partial charge on any atom is 0.254 e. The number of hydrogen-bond acceptors (Lipinski definition) is 3. The Hall–Kier alpha value is -1.55. The van der Waals surface area contributed by atoms with Crippen LogP contribution >= 0.6 is 0 Å². The average molecular weight is 274 g/mol. The molecule has 108 valence electrons. The van der Waals surface area contributed by atoms with E-state index in [9.17, 15) is 9.90 Å². The third-order valence-electron chi connectivity index (χ3n) is 4.76. The van der Waals surface area contributed by atoms with Crippen molar-refractivity contribution in [1.29, 1.82) is 0 Å². The lowest BCUT2D eigenvalue weighted by Gasteiger charge is -2.35. The Morgan fingerprint density at radius 3 is 2.55 bits per heavy atom. The molecule has 1 aromatic carbocycles. The van der Waals surface area contributed by atoms with Crippen LogP contribution < -0.4 is 5.32 Å². The van der Waals surface area contributed by atoms with Gasteiger partial charge in [-0.25, -0.2) is 0 Å². The highest BCUT2D eigenvalue weighted by Gasteiger charge is 2.36. The molecule has 2 aliphatic heterocycles. The fraction of sp³-hybridized carbons (Fsp3) is 0.562. The monoisotopic (exact) mass is 274 g/mol. The molecule has 3 rings (SSSR count). The van der Waals surface area contributed by atoms with Crippen molar-refractivity contribution >= 4 is 5.91 Å². The smallest absolute Gasteiger partial charge is 0.254 e. The van der Waals surface area contributed by atoms with Crippen LogP contribution in [0, 0.1) is 6.92 Å². The third kappa shape index (κ3) is 2.40. The number of aryl methyl sites for hydroxylation is 1. The first-order chi connectivity index (χ1) is 9.54. The van der Waals surface area contributed by atoms with Crippen LogP contribution in [-0.2, 0) is 0 Å². The molecule has 2 atom stereocenters. The lowest BCUT2D eigenvalue weighted by atomic mass is 9.97. The van der Waals surface area contributed by atoms with Crippen molar-refractivity contribution in [2.24, 2.45) is 0 Å². The molecule has 0 radical (unpaired) electrons. The number of nitrogens with zero attached hydrogens (tertiary/aromatic N) is 1. The molecule has 2 N–H and O–H groups in total. The number of phenols is 1. The van der Waals surface area contributed by atoms with Gasteiger partial charge in [0.1, 0.15) is 5.75 Å². The molecule has 2 fully saturated rings. The summed E-state index contributed by atoms with van der Waals surface area (Å²) in [5.74, 6) is 0.274. The van der Waals surface area contributed by atoms with E-state index >= 15 is 0 Å². The highest BCUT2D eigenvalue weighted by atomic mass is 16.3. The highest BCUT2D eigenvalue weighted by molar-refractivity contribution is 5.95. The van der Waals surface area contributed by atoms with E-state index in [1.165, 1.54) is 12.8 Å². The van der Waals surface area contributed by atoms with Crippen LogP contribution in [0.25, 0.3) is 0 Å². The molecular formula is C16H22N2O2. The van der Waals surface area contributed by atoms with Gasteiger partial charge in [-0.1, -0.05) is 0 Å². The average Bonchev–Trinajstić information content (AvgIpc) is 2.76. The van der Waals surface area contributed by atoms with Crippen molar-refractivity contribution in [3.63, 3.8) is 0 Å². The molecule has 0 aliphatic carbocycles. The molecule has 1 amide bonds. The fourth-order valence-corrected chi connectivity index (χ4v) is 3.59. The minimum absolute atomic E-state index is 0.0637. The van der Waals surface area contributed by atoms with E-state index < -0.39 is 0 Å². The number of phenolic OH excluding ortho intramolecular Hbond substituents is 1. The molecule has 4 heteroatoms. The molecule has 20 heavy (non-hydrogen) atoms. The third-order valence-corrected chi connectivity index (χ3v) is 4.76. The number of aromatic hydroxyl groups is 1. The number of amides is 1. The molecule has 0 aromatic heterocycles. The fourth-order valence-electron chi connectivity index (χ4n) is 3.59. The van der Waals surface area contributed by atoms with Crippen molar-refractivity contribution < 1.29 is 9.90 Å². The van der Waals surface area contributed by atoms with Gasteiger partial charge in [-0.05, 0) is 56.4 Å². The largest absolute Gasteiger partial charge is 0.508 e. The molecule has 4 nitrogen and oxygen atoms in total. The van der Waals surface area contributed by atoms with Crippen LogP contribution in [0.3, 0.4) is 0 Å². The number of carbonyl (C=O) groups excluding carboxylic acids is 1. The summed E-state index contributed by atoms with van der Waals surface area (Å²) in [6.45, 7) is 1.87. The summed E-state index contributed by atoms with van der Waals surface area (Å²) in [6, 6.07) is 6.44. The summed E-state index contributed by atoms with van der Waals surface area (Å²) < 4.78 is 0. The zero-order valence-corrected chi connectivity index (χ0v) is 12.1. The van der Waals surface area contributed by atoms with Crippen LogP contribution in [0.4, 0.5) is 0 Å². The first-order valence-electron chi connectivity index (χ1n) is 7.37. The number of nitrogens with one attached hydrogen (secondary N) is 1. The standard InChI is InChI=1S/C16H22N2O2/c1-10-7-14(19)5-6-15(10)16(20)18(2)13-8-11-3-4-12(9-13)17-11/h5-7,11-13,17,19H,3-4,8-9H2,1-2H3. The minimum Gasteiger partial charge on any atom is -0.508 e. The first kappa shape index (κ1) is 13.4. The van der Waals surface area contributed by atoms with Crippen molar-refractivity contribution in [3.05, 3.63) is 29.3 Å². The molecular weight excluding hydrogens is 252 g/mol. The molecule has 1 aromatic rings. The minimum atomic E-state index is 0.0637. The van der Waals surface area contributed by atoms with Gasteiger partial charge in [0.05, 0.1) is 0 Å². The van der Waals surface area contributed by atoms with Gasteiger partial charge < -0.3 is 15.3 Å². The predicted octanol–water partition coefficient (Wildman–Crippen LogP) is 2.06. The van der Waals surface area contributed by atoms with Crippen molar-refractivity contribution in [2.45, 2.75) is 50.7 Å². The van der Waals surface area contributed by atoms with Crippen LogP contribution in [0.15, 0.2) is 18.2 Å². The number of rotatable bonds is 2. The Balaban J connectivity index is 1.76. The lowest BCUT2D eigenvalue weighted by molar-refractivity contribution is 0.0681. The van der Waals surface area contributed by atoms with Gasteiger partial charge in [-0.15, -0.1) is 0 Å². The van der Waals surface area contributed by atoms with E-state index in [0.29, 0.717) is 23.7 Å². The lowest BCUT2D eigenvalue weighted by Crippen LogP contribution is -2.48. The number of benzene rings is 1.